The van der Waals surface area contributed by atoms with Crippen molar-refractivity contribution in [3.05, 3.63) is 48.3 Å². The molecule has 1 aromatic heterocycles. The van der Waals surface area contributed by atoms with Gasteiger partial charge < -0.3 is 10.5 Å². The lowest BCUT2D eigenvalue weighted by Crippen LogP contribution is -2.03. The van der Waals surface area contributed by atoms with E-state index in [0.29, 0.717) is 18.0 Å². The maximum absolute atomic E-state index is 13.0. The molecule has 0 aliphatic heterocycles. The normalized spacial score (nSPS) is 10.3. The summed E-state index contributed by atoms with van der Waals surface area (Å²) in [6.07, 6.45) is 4.74. The molecule has 0 amide bonds. The Morgan fingerprint density at radius 2 is 1.94 bits per heavy atom. The molecule has 0 saturated carbocycles. The molecular formula is C13H14FN3O. The average Bonchev–Trinajstić information content (AvgIpc) is 2.38. The molecule has 0 unspecified atom stereocenters. The second-order valence-corrected chi connectivity index (χ2v) is 3.79. The Balaban J connectivity index is 2.02. The van der Waals surface area contributed by atoms with Crippen LogP contribution in [-0.4, -0.2) is 16.5 Å². The van der Waals surface area contributed by atoms with Gasteiger partial charge in [-0.1, -0.05) is 6.07 Å². The Hall–Kier alpha value is -2.01. The highest BCUT2D eigenvalue weighted by Gasteiger charge is 2.01. The third-order valence-corrected chi connectivity index (χ3v) is 2.32. The smallest absolute Gasteiger partial charge is 0.164 e. The summed E-state index contributed by atoms with van der Waals surface area (Å²) >= 11 is 0. The summed E-state index contributed by atoms with van der Waals surface area (Å²) < 4.78 is 18.4. The van der Waals surface area contributed by atoms with Crippen molar-refractivity contribution in [3.63, 3.8) is 0 Å². The zero-order chi connectivity index (χ0) is 12.8. The summed E-state index contributed by atoms with van der Waals surface area (Å²) in [5, 5.41) is 0. The van der Waals surface area contributed by atoms with Gasteiger partial charge in [-0.25, -0.2) is 14.4 Å². The summed E-state index contributed by atoms with van der Waals surface area (Å²) in [5.41, 5.74) is 5.41. The highest BCUT2D eigenvalue weighted by Crippen LogP contribution is 2.20. The second kappa shape index (κ2) is 6.07. The lowest BCUT2D eigenvalue weighted by atomic mass is 10.3. The molecule has 4 nitrogen and oxygen atoms in total. The molecule has 94 valence electrons. The summed E-state index contributed by atoms with van der Waals surface area (Å²) in [6, 6.07) is 5.92. The van der Waals surface area contributed by atoms with Crippen LogP contribution in [0.4, 0.5) is 4.39 Å². The maximum Gasteiger partial charge on any atom is 0.164 e. The number of hydrogen-bond acceptors (Lipinski definition) is 4. The molecule has 2 N–H and O–H groups in total. The van der Waals surface area contributed by atoms with E-state index in [1.807, 2.05) is 0 Å². The van der Waals surface area contributed by atoms with Crippen molar-refractivity contribution in [1.82, 2.24) is 9.97 Å². The van der Waals surface area contributed by atoms with E-state index >= 15 is 0 Å². The van der Waals surface area contributed by atoms with Crippen molar-refractivity contribution in [2.24, 2.45) is 5.73 Å². The van der Waals surface area contributed by atoms with E-state index in [1.54, 1.807) is 24.5 Å². The van der Waals surface area contributed by atoms with E-state index in [9.17, 15) is 4.39 Å². The van der Waals surface area contributed by atoms with Gasteiger partial charge in [-0.2, -0.15) is 0 Å². The largest absolute Gasteiger partial charge is 0.454 e. The highest BCUT2D eigenvalue weighted by molar-refractivity contribution is 5.28. The fourth-order valence-electron chi connectivity index (χ4n) is 1.45. The minimum Gasteiger partial charge on any atom is -0.454 e. The molecule has 1 aromatic carbocycles. The number of aromatic nitrogens is 2. The van der Waals surface area contributed by atoms with Crippen LogP contribution in [0.15, 0.2) is 36.7 Å². The van der Waals surface area contributed by atoms with Gasteiger partial charge in [0.05, 0.1) is 12.4 Å². The molecule has 0 spiro atoms. The standard InChI is InChI=1S/C13H14FN3O/c14-10-3-1-4-11(7-10)18-12-8-16-13(17-9-12)5-2-6-15/h1,3-4,7-9H,2,5-6,15H2. The molecule has 0 aliphatic rings. The van der Waals surface area contributed by atoms with E-state index in [-0.39, 0.29) is 5.82 Å². The van der Waals surface area contributed by atoms with E-state index in [4.69, 9.17) is 10.5 Å². The van der Waals surface area contributed by atoms with Crippen molar-refractivity contribution < 1.29 is 9.13 Å². The van der Waals surface area contributed by atoms with Crippen LogP contribution in [0.25, 0.3) is 0 Å². The molecule has 5 heteroatoms. The van der Waals surface area contributed by atoms with Crippen LogP contribution in [0.3, 0.4) is 0 Å². The van der Waals surface area contributed by atoms with Crippen molar-refractivity contribution in [2.75, 3.05) is 6.54 Å². The van der Waals surface area contributed by atoms with Gasteiger partial charge in [0.1, 0.15) is 17.4 Å². The monoisotopic (exact) mass is 247 g/mol. The SMILES string of the molecule is NCCCc1ncc(Oc2cccc(F)c2)cn1. The Bertz CT molecular complexity index is 502. The second-order valence-electron chi connectivity index (χ2n) is 3.79. The lowest BCUT2D eigenvalue weighted by molar-refractivity contribution is 0.470. The molecule has 0 atom stereocenters. The molecule has 0 aliphatic carbocycles. The van der Waals surface area contributed by atoms with Crippen LogP contribution in [0.1, 0.15) is 12.2 Å². The van der Waals surface area contributed by atoms with Gasteiger partial charge in [-0.3, -0.25) is 0 Å². The number of nitrogens with zero attached hydrogens (tertiary/aromatic N) is 2. The first kappa shape index (κ1) is 12.4. The number of halogens is 1. The molecule has 0 radical (unpaired) electrons. The summed E-state index contributed by atoms with van der Waals surface area (Å²) in [6.45, 7) is 0.616. The summed E-state index contributed by atoms with van der Waals surface area (Å²) in [7, 11) is 0. The van der Waals surface area contributed by atoms with E-state index in [0.717, 1.165) is 18.7 Å². The van der Waals surface area contributed by atoms with Crippen molar-refractivity contribution >= 4 is 0 Å². The fraction of sp³-hybridized carbons (Fsp3) is 0.231. The van der Waals surface area contributed by atoms with Gasteiger partial charge >= 0.3 is 0 Å². The van der Waals surface area contributed by atoms with E-state index in [1.165, 1.54) is 12.1 Å². The predicted molar refractivity (Wildman–Crippen MR) is 65.9 cm³/mol. The predicted octanol–water partition coefficient (Wildman–Crippen LogP) is 2.30. The zero-order valence-corrected chi connectivity index (χ0v) is 9.84. The molecule has 2 aromatic rings. The molecule has 0 bridgehead atoms. The summed E-state index contributed by atoms with van der Waals surface area (Å²) in [5.74, 6) is 1.30. The molecular weight excluding hydrogens is 233 g/mol. The first-order chi connectivity index (χ1) is 8.78. The van der Waals surface area contributed by atoms with Gasteiger partial charge in [0, 0.05) is 12.5 Å². The van der Waals surface area contributed by atoms with E-state index in [2.05, 4.69) is 9.97 Å². The number of nitrogens with two attached hydrogens (primary N) is 1. The Morgan fingerprint density at radius 3 is 2.61 bits per heavy atom. The summed E-state index contributed by atoms with van der Waals surface area (Å²) in [4.78, 5) is 8.30. The van der Waals surface area contributed by atoms with Crippen LogP contribution in [0.2, 0.25) is 0 Å². The number of ether oxygens (including phenoxy) is 1. The van der Waals surface area contributed by atoms with Crippen molar-refractivity contribution in [1.29, 1.82) is 0 Å². The first-order valence-corrected chi connectivity index (χ1v) is 5.72. The zero-order valence-electron chi connectivity index (χ0n) is 9.84. The average molecular weight is 247 g/mol. The number of hydrogen-bond donors (Lipinski definition) is 1. The highest BCUT2D eigenvalue weighted by atomic mass is 19.1. The maximum atomic E-state index is 13.0. The van der Waals surface area contributed by atoms with Gasteiger partial charge in [0.25, 0.3) is 0 Å². The number of rotatable bonds is 5. The third kappa shape index (κ3) is 3.49. The van der Waals surface area contributed by atoms with Crippen LogP contribution in [0, 0.1) is 5.82 Å². The Kier molecular flexibility index (Phi) is 4.20. The van der Waals surface area contributed by atoms with Crippen molar-refractivity contribution in [2.45, 2.75) is 12.8 Å². The Labute approximate surface area is 105 Å². The number of aryl methyl sites for hydroxylation is 1. The molecule has 18 heavy (non-hydrogen) atoms. The lowest BCUT2D eigenvalue weighted by Gasteiger charge is -2.05. The first-order valence-electron chi connectivity index (χ1n) is 5.72. The van der Waals surface area contributed by atoms with Crippen molar-refractivity contribution in [3.8, 4) is 11.5 Å². The molecule has 0 saturated heterocycles. The number of benzene rings is 1. The van der Waals surface area contributed by atoms with Gasteiger partial charge in [0.2, 0.25) is 0 Å². The topological polar surface area (TPSA) is 61.0 Å². The van der Waals surface area contributed by atoms with E-state index < -0.39 is 0 Å². The quantitative estimate of drug-likeness (QED) is 0.880. The van der Waals surface area contributed by atoms with Gasteiger partial charge in [-0.05, 0) is 25.1 Å². The van der Waals surface area contributed by atoms with Crippen LogP contribution in [0.5, 0.6) is 11.5 Å². The molecule has 0 fully saturated rings. The van der Waals surface area contributed by atoms with Crippen LogP contribution < -0.4 is 10.5 Å². The van der Waals surface area contributed by atoms with Gasteiger partial charge in [-0.15, -0.1) is 0 Å². The fourth-order valence-corrected chi connectivity index (χ4v) is 1.45. The molecule has 2 rings (SSSR count). The minimum atomic E-state index is -0.340. The van der Waals surface area contributed by atoms with Crippen LogP contribution in [-0.2, 0) is 6.42 Å². The Morgan fingerprint density at radius 1 is 1.17 bits per heavy atom. The minimum absolute atomic E-state index is 0.340. The molecule has 1 heterocycles. The van der Waals surface area contributed by atoms with Crippen LogP contribution >= 0.6 is 0 Å². The van der Waals surface area contributed by atoms with Gasteiger partial charge in [0.15, 0.2) is 5.75 Å². The third-order valence-electron chi connectivity index (χ3n) is 2.32.